The molecular formula is C9H9N3. The normalized spacial score (nSPS) is 14.0. The molecule has 3 nitrogen and oxygen atoms in total. The fraction of sp³-hybridized carbons (Fsp3) is 0.222. The Morgan fingerprint density at radius 1 is 1.50 bits per heavy atom. The molecule has 2 aromatic rings. The standard InChI is InChI=1S/C9H9N3/c1-3-10-8-2-5-12-6-4-11-9(12)7(1)8/h1,3-4,6,10H,2,5H2. The lowest BCUT2D eigenvalue weighted by Gasteiger charge is -2.13. The molecule has 0 saturated heterocycles. The van der Waals surface area contributed by atoms with E-state index in [1.807, 2.05) is 18.6 Å². The van der Waals surface area contributed by atoms with Crippen molar-refractivity contribution in [2.75, 3.05) is 0 Å². The van der Waals surface area contributed by atoms with E-state index in [0.717, 1.165) is 18.8 Å². The number of aromatic nitrogens is 3. The van der Waals surface area contributed by atoms with Gasteiger partial charge in [0.25, 0.3) is 0 Å². The van der Waals surface area contributed by atoms with Gasteiger partial charge in [-0.05, 0) is 6.07 Å². The smallest absolute Gasteiger partial charge is 0.141 e. The fourth-order valence-electron chi connectivity index (χ4n) is 1.79. The van der Waals surface area contributed by atoms with Crippen LogP contribution in [-0.2, 0) is 13.0 Å². The maximum absolute atomic E-state index is 4.31. The van der Waals surface area contributed by atoms with Crippen LogP contribution in [-0.4, -0.2) is 14.5 Å². The summed E-state index contributed by atoms with van der Waals surface area (Å²) in [6, 6.07) is 2.09. The highest BCUT2D eigenvalue weighted by molar-refractivity contribution is 5.60. The predicted octanol–water partition coefficient (Wildman–Crippen LogP) is 1.43. The molecule has 3 heteroatoms. The summed E-state index contributed by atoms with van der Waals surface area (Å²) in [5, 5.41) is 0. The largest absolute Gasteiger partial charge is 0.364 e. The number of nitrogens with one attached hydrogen (secondary N) is 1. The molecule has 0 radical (unpaired) electrons. The summed E-state index contributed by atoms with van der Waals surface area (Å²) in [6.07, 6.45) is 6.96. The molecule has 2 aromatic heterocycles. The second-order valence-electron chi connectivity index (χ2n) is 3.06. The zero-order chi connectivity index (χ0) is 7.97. The number of aromatic amines is 1. The molecule has 0 atom stereocenters. The van der Waals surface area contributed by atoms with Gasteiger partial charge in [-0.1, -0.05) is 0 Å². The van der Waals surface area contributed by atoms with E-state index in [1.54, 1.807) is 0 Å². The predicted molar refractivity (Wildman–Crippen MR) is 45.7 cm³/mol. The molecule has 0 aromatic carbocycles. The Kier molecular flexibility index (Phi) is 1.01. The molecule has 60 valence electrons. The maximum atomic E-state index is 4.31. The van der Waals surface area contributed by atoms with Gasteiger partial charge in [0.05, 0.1) is 0 Å². The van der Waals surface area contributed by atoms with Gasteiger partial charge < -0.3 is 9.55 Å². The molecule has 1 N–H and O–H groups in total. The van der Waals surface area contributed by atoms with Crippen molar-refractivity contribution < 1.29 is 0 Å². The van der Waals surface area contributed by atoms with Crippen LogP contribution in [0.25, 0.3) is 11.4 Å². The summed E-state index contributed by atoms with van der Waals surface area (Å²) in [6.45, 7) is 1.04. The van der Waals surface area contributed by atoms with Gasteiger partial charge >= 0.3 is 0 Å². The van der Waals surface area contributed by atoms with Gasteiger partial charge in [-0.2, -0.15) is 0 Å². The van der Waals surface area contributed by atoms with Crippen molar-refractivity contribution >= 4 is 0 Å². The first-order chi connectivity index (χ1) is 5.95. The van der Waals surface area contributed by atoms with E-state index in [9.17, 15) is 0 Å². The van der Waals surface area contributed by atoms with Crippen LogP contribution in [0.15, 0.2) is 24.7 Å². The number of imidazole rings is 1. The minimum absolute atomic E-state index is 1.04. The lowest BCUT2D eigenvalue weighted by atomic mass is 10.1. The molecule has 0 fully saturated rings. The van der Waals surface area contributed by atoms with E-state index in [4.69, 9.17) is 0 Å². The molecule has 0 spiro atoms. The summed E-state index contributed by atoms with van der Waals surface area (Å²) < 4.78 is 2.19. The molecule has 12 heavy (non-hydrogen) atoms. The van der Waals surface area contributed by atoms with Crippen LogP contribution in [0, 0.1) is 0 Å². The molecule has 0 saturated carbocycles. The van der Waals surface area contributed by atoms with Crippen LogP contribution in [0.3, 0.4) is 0 Å². The van der Waals surface area contributed by atoms with Crippen molar-refractivity contribution in [1.29, 1.82) is 0 Å². The Morgan fingerprint density at radius 3 is 3.50 bits per heavy atom. The molecule has 0 aliphatic carbocycles. The number of hydrogen-bond donors (Lipinski definition) is 1. The first-order valence-corrected chi connectivity index (χ1v) is 4.13. The minimum atomic E-state index is 1.04. The molecule has 1 aliphatic heterocycles. The average molecular weight is 159 g/mol. The van der Waals surface area contributed by atoms with Crippen molar-refractivity contribution in [3.63, 3.8) is 0 Å². The van der Waals surface area contributed by atoms with E-state index in [2.05, 4.69) is 20.6 Å². The summed E-state index contributed by atoms with van der Waals surface area (Å²) in [5.74, 6) is 1.09. The molecule has 3 rings (SSSR count). The van der Waals surface area contributed by atoms with Gasteiger partial charge in [0.15, 0.2) is 0 Å². The van der Waals surface area contributed by atoms with Crippen molar-refractivity contribution in [2.45, 2.75) is 13.0 Å². The number of fused-ring (bicyclic) bond motifs is 3. The van der Waals surface area contributed by atoms with Gasteiger partial charge in [0.1, 0.15) is 5.82 Å². The third-order valence-electron chi connectivity index (χ3n) is 2.39. The number of nitrogens with zero attached hydrogens (tertiary/aromatic N) is 2. The van der Waals surface area contributed by atoms with Gasteiger partial charge in [0, 0.05) is 42.8 Å². The zero-order valence-electron chi connectivity index (χ0n) is 6.62. The molecule has 0 amide bonds. The van der Waals surface area contributed by atoms with Crippen LogP contribution in [0.2, 0.25) is 0 Å². The Morgan fingerprint density at radius 2 is 2.50 bits per heavy atom. The Balaban J connectivity index is 2.32. The highest BCUT2D eigenvalue weighted by atomic mass is 15.1. The maximum Gasteiger partial charge on any atom is 0.141 e. The van der Waals surface area contributed by atoms with Crippen LogP contribution in [0.5, 0.6) is 0 Å². The van der Waals surface area contributed by atoms with Gasteiger partial charge in [-0.25, -0.2) is 4.98 Å². The zero-order valence-corrected chi connectivity index (χ0v) is 6.62. The number of aryl methyl sites for hydroxylation is 2. The van der Waals surface area contributed by atoms with Gasteiger partial charge in [-0.3, -0.25) is 0 Å². The van der Waals surface area contributed by atoms with Crippen molar-refractivity contribution in [2.24, 2.45) is 0 Å². The topological polar surface area (TPSA) is 33.6 Å². The quantitative estimate of drug-likeness (QED) is 0.620. The highest BCUT2D eigenvalue weighted by Crippen LogP contribution is 2.26. The third kappa shape index (κ3) is 0.630. The van der Waals surface area contributed by atoms with Crippen molar-refractivity contribution in [3.05, 3.63) is 30.4 Å². The molecule has 3 heterocycles. The number of H-pyrrole nitrogens is 1. The van der Waals surface area contributed by atoms with Crippen LogP contribution >= 0.6 is 0 Å². The van der Waals surface area contributed by atoms with E-state index in [0.29, 0.717) is 0 Å². The Bertz CT molecular complexity index is 371. The van der Waals surface area contributed by atoms with E-state index >= 15 is 0 Å². The summed E-state index contributed by atoms with van der Waals surface area (Å²) in [7, 11) is 0. The second kappa shape index (κ2) is 2.00. The summed E-state index contributed by atoms with van der Waals surface area (Å²) in [4.78, 5) is 7.55. The minimum Gasteiger partial charge on any atom is -0.364 e. The Hall–Kier alpha value is -1.51. The van der Waals surface area contributed by atoms with Gasteiger partial charge in [-0.15, -0.1) is 0 Å². The first kappa shape index (κ1) is 6.06. The highest BCUT2D eigenvalue weighted by Gasteiger charge is 2.16. The molecule has 1 aliphatic rings. The first-order valence-electron chi connectivity index (χ1n) is 4.13. The number of rotatable bonds is 0. The van der Waals surface area contributed by atoms with Crippen LogP contribution in [0.1, 0.15) is 5.69 Å². The summed E-state index contributed by atoms with van der Waals surface area (Å²) >= 11 is 0. The monoisotopic (exact) mass is 159 g/mol. The fourth-order valence-corrected chi connectivity index (χ4v) is 1.79. The molecular weight excluding hydrogens is 150 g/mol. The average Bonchev–Trinajstić information content (AvgIpc) is 2.71. The molecule has 0 bridgehead atoms. The SMILES string of the molecule is c1cn2c(n1)-c1cc[nH]c1CC2. The van der Waals surface area contributed by atoms with E-state index < -0.39 is 0 Å². The van der Waals surface area contributed by atoms with Crippen LogP contribution in [0.4, 0.5) is 0 Å². The van der Waals surface area contributed by atoms with Crippen LogP contribution < -0.4 is 0 Å². The lowest BCUT2D eigenvalue weighted by Crippen LogP contribution is -2.09. The van der Waals surface area contributed by atoms with E-state index in [-0.39, 0.29) is 0 Å². The van der Waals surface area contributed by atoms with Gasteiger partial charge in [0.2, 0.25) is 0 Å². The lowest BCUT2D eigenvalue weighted by molar-refractivity contribution is 0.675. The van der Waals surface area contributed by atoms with Crippen molar-refractivity contribution in [1.82, 2.24) is 14.5 Å². The Labute approximate surface area is 70.1 Å². The summed E-state index contributed by atoms with van der Waals surface area (Å²) in [5.41, 5.74) is 2.57. The van der Waals surface area contributed by atoms with Crippen molar-refractivity contribution in [3.8, 4) is 11.4 Å². The molecule has 0 unspecified atom stereocenters. The number of hydrogen-bond acceptors (Lipinski definition) is 1. The second-order valence-corrected chi connectivity index (χ2v) is 3.06. The van der Waals surface area contributed by atoms with E-state index in [1.165, 1.54) is 11.3 Å². The third-order valence-corrected chi connectivity index (χ3v) is 2.39.